The Hall–Kier alpha value is -0.690. The van der Waals surface area contributed by atoms with Crippen LogP contribution in [-0.4, -0.2) is 5.75 Å². The molecule has 0 spiro atoms. The largest absolute Gasteiger partial charge is 0.157 e. The monoisotopic (exact) mass is 232 g/mol. The maximum atomic E-state index is 2.46. The van der Waals surface area contributed by atoms with Crippen LogP contribution in [0.3, 0.4) is 0 Å². The van der Waals surface area contributed by atoms with Crippen molar-refractivity contribution >= 4 is 11.8 Å². The summed E-state index contributed by atoms with van der Waals surface area (Å²) in [6.07, 6.45) is 9.25. The fourth-order valence-corrected chi connectivity index (χ4v) is 3.08. The normalized spacial score (nSPS) is 15.9. The van der Waals surface area contributed by atoms with E-state index in [1.807, 2.05) is 0 Å². The summed E-state index contributed by atoms with van der Waals surface area (Å²) in [6, 6.07) is 10.8. The molecule has 0 heterocycles. The van der Waals surface area contributed by atoms with Crippen molar-refractivity contribution in [2.45, 2.75) is 37.9 Å². The van der Waals surface area contributed by atoms with Crippen LogP contribution in [0.25, 0.3) is 0 Å². The fourth-order valence-electron chi connectivity index (χ4n) is 2.10. The van der Waals surface area contributed by atoms with Gasteiger partial charge < -0.3 is 0 Å². The van der Waals surface area contributed by atoms with Crippen LogP contribution in [-0.2, 0) is 5.75 Å². The first-order valence-corrected chi connectivity index (χ1v) is 7.40. The lowest BCUT2D eigenvalue weighted by atomic mass is 9.98. The van der Waals surface area contributed by atoms with Crippen LogP contribution in [0, 0.1) is 0 Å². The van der Waals surface area contributed by atoms with Crippen molar-refractivity contribution in [3.63, 3.8) is 0 Å². The van der Waals surface area contributed by atoms with Gasteiger partial charge in [0.1, 0.15) is 0 Å². The first-order valence-electron chi connectivity index (χ1n) is 6.25. The van der Waals surface area contributed by atoms with E-state index in [1.54, 1.807) is 5.57 Å². The van der Waals surface area contributed by atoms with Crippen LogP contribution in [0.15, 0.2) is 42.0 Å². The molecule has 1 aromatic rings. The Morgan fingerprint density at radius 3 is 2.69 bits per heavy atom. The molecule has 0 nitrogen and oxygen atoms in total. The highest BCUT2D eigenvalue weighted by Gasteiger charge is 2.03. The van der Waals surface area contributed by atoms with Gasteiger partial charge in [-0.2, -0.15) is 11.8 Å². The Morgan fingerprint density at radius 1 is 1.06 bits per heavy atom. The number of hydrogen-bond acceptors (Lipinski definition) is 1. The molecule has 0 aliphatic heterocycles. The standard InChI is InChI=1S/C15H20S/c1-3-7-14(8-4-1)11-12-16-13-15-9-5-2-6-10-15/h2,5-7,9-10H,1,3-4,8,11-13H2. The molecule has 0 atom stereocenters. The van der Waals surface area contributed by atoms with Gasteiger partial charge in [0.15, 0.2) is 0 Å². The molecule has 1 aromatic carbocycles. The third-order valence-corrected chi connectivity index (χ3v) is 4.09. The van der Waals surface area contributed by atoms with E-state index in [4.69, 9.17) is 0 Å². The van der Waals surface area contributed by atoms with Crippen molar-refractivity contribution in [3.8, 4) is 0 Å². The molecule has 0 bridgehead atoms. The molecule has 0 saturated carbocycles. The molecule has 0 radical (unpaired) electrons. The molecule has 0 unspecified atom stereocenters. The fraction of sp³-hybridized carbons (Fsp3) is 0.467. The van der Waals surface area contributed by atoms with Crippen LogP contribution in [0.5, 0.6) is 0 Å². The maximum absolute atomic E-state index is 2.46. The SMILES string of the molecule is C1=C(CCSCc2ccccc2)CCCC1. The van der Waals surface area contributed by atoms with Crippen LogP contribution < -0.4 is 0 Å². The zero-order valence-corrected chi connectivity index (χ0v) is 10.6. The highest BCUT2D eigenvalue weighted by molar-refractivity contribution is 7.98. The summed E-state index contributed by atoms with van der Waals surface area (Å²) in [4.78, 5) is 0. The highest BCUT2D eigenvalue weighted by Crippen LogP contribution is 2.22. The zero-order chi connectivity index (χ0) is 11.1. The minimum atomic E-state index is 1.16. The van der Waals surface area contributed by atoms with Gasteiger partial charge in [-0.15, -0.1) is 0 Å². The van der Waals surface area contributed by atoms with Crippen molar-refractivity contribution in [1.29, 1.82) is 0 Å². The number of allylic oxidation sites excluding steroid dienone is 2. The minimum absolute atomic E-state index is 1.16. The molecule has 0 amide bonds. The van der Waals surface area contributed by atoms with E-state index in [2.05, 4.69) is 48.2 Å². The van der Waals surface area contributed by atoms with Crippen molar-refractivity contribution in [2.75, 3.05) is 5.75 Å². The van der Waals surface area contributed by atoms with Crippen LogP contribution in [0.2, 0.25) is 0 Å². The van der Waals surface area contributed by atoms with Gasteiger partial charge in [-0.1, -0.05) is 42.0 Å². The van der Waals surface area contributed by atoms with Gasteiger partial charge in [0.05, 0.1) is 0 Å². The lowest BCUT2D eigenvalue weighted by molar-refractivity contribution is 0.685. The molecule has 0 N–H and O–H groups in total. The summed E-state index contributed by atoms with van der Waals surface area (Å²) < 4.78 is 0. The average Bonchev–Trinajstić information content (AvgIpc) is 2.37. The predicted molar refractivity (Wildman–Crippen MR) is 73.8 cm³/mol. The number of rotatable bonds is 5. The number of thioether (sulfide) groups is 1. The second-order valence-electron chi connectivity index (χ2n) is 4.40. The number of hydrogen-bond donors (Lipinski definition) is 0. The lowest BCUT2D eigenvalue weighted by Gasteiger charge is -2.12. The summed E-state index contributed by atoms with van der Waals surface area (Å²) in [6.45, 7) is 0. The molecule has 0 fully saturated rings. The van der Waals surface area contributed by atoms with E-state index in [0.717, 1.165) is 5.75 Å². The summed E-state index contributed by atoms with van der Waals surface area (Å²) in [7, 11) is 0. The van der Waals surface area contributed by atoms with Crippen molar-refractivity contribution in [2.24, 2.45) is 0 Å². The third kappa shape index (κ3) is 4.05. The third-order valence-electron chi connectivity index (χ3n) is 3.06. The Labute approximate surface area is 103 Å². The first-order chi connectivity index (χ1) is 7.95. The molecular weight excluding hydrogens is 212 g/mol. The topological polar surface area (TPSA) is 0 Å². The second-order valence-corrected chi connectivity index (χ2v) is 5.50. The molecule has 0 aromatic heterocycles. The zero-order valence-electron chi connectivity index (χ0n) is 9.82. The van der Waals surface area contributed by atoms with E-state index >= 15 is 0 Å². The summed E-state index contributed by atoms with van der Waals surface area (Å²) in [5, 5.41) is 0. The smallest absolute Gasteiger partial charge is 0.0184 e. The highest BCUT2D eigenvalue weighted by atomic mass is 32.2. The van der Waals surface area contributed by atoms with E-state index in [0.29, 0.717) is 0 Å². The predicted octanol–water partition coefficient (Wildman–Crippen LogP) is 4.81. The molecule has 2 rings (SSSR count). The first kappa shape index (κ1) is 11.8. The van der Waals surface area contributed by atoms with Crippen LogP contribution in [0.1, 0.15) is 37.7 Å². The Morgan fingerprint density at radius 2 is 1.94 bits per heavy atom. The Kier molecular flexibility index (Phi) is 5.01. The van der Waals surface area contributed by atoms with Crippen LogP contribution >= 0.6 is 11.8 Å². The van der Waals surface area contributed by atoms with Gasteiger partial charge in [-0.05, 0) is 43.4 Å². The summed E-state index contributed by atoms with van der Waals surface area (Å²) in [5.74, 6) is 2.44. The Bertz CT molecular complexity index is 327. The lowest BCUT2D eigenvalue weighted by Crippen LogP contribution is -1.93. The molecule has 1 heteroatoms. The molecular formula is C15H20S. The average molecular weight is 232 g/mol. The minimum Gasteiger partial charge on any atom is -0.157 e. The van der Waals surface area contributed by atoms with E-state index in [9.17, 15) is 0 Å². The van der Waals surface area contributed by atoms with Crippen molar-refractivity contribution in [3.05, 3.63) is 47.5 Å². The molecule has 1 aliphatic carbocycles. The molecule has 86 valence electrons. The number of benzene rings is 1. The van der Waals surface area contributed by atoms with E-state index in [-0.39, 0.29) is 0 Å². The van der Waals surface area contributed by atoms with Gasteiger partial charge in [0, 0.05) is 5.75 Å². The van der Waals surface area contributed by atoms with Gasteiger partial charge in [0.25, 0.3) is 0 Å². The Balaban J connectivity index is 1.63. The van der Waals surface area contributed by atoms with E-state index < -0.39 is 0 Å². The van der Waals surface area contributed by atoms with Crippen molar-refractivity contribution in [1.82, 2.24) is 0 Å². The molecule has 0 saturated heterocycles. The quantitative estimate of drug-likeness (QED) is 0.518. The maximum Gasteiger partial charge on any atom is 0.0184 e. The van der Waals surface area contributed by atoms with Gasteiger partial charge in [-0.3, -0.25) is 0 Å². The van der Waals surface area contributed by atoms with Gasteiger partial charge >= 0.3 is 0 Å². The van der Waals surface area contributed by atoms with Crippen molar-refractivity contribution < 1.29 is 0 Å². The second kappa shape index (κ2) is 6.80. The summed E-state index contributed by atoms with van der Waals surface area (Å²) >= 11 is 2.06. The van der Waals surface area contributed by atoms with E-state index in [1.165, 1.54) is 43.4 Å². The summed E-state index contributed by atoms with van der Waals surface area (Å²) in [5.41, 5.74) is 3.15. The molecule has 16 heavy (non-hydrogen) atoms. The van der Waals surface area contributed by atoms with Gasteiger partial charge in [-0.25, -0.2) is 0 Å². The van der Waals surface area contributed by atoms with Crippen LogP contribution in [0.4, 0.5) is 0 Å². The molecule has 1 aliphatic rings. The van der Waals surface area contributed by atoms with Gasteiger partial charge in [0.2, 0.25) is 0 Å².